The smallest absolute Gasteiger partial charge is 0.295 e. The van der Waals surface area contributed by atoms with Crippen LogP contribution in [0.5, 0.6) is 11.5 Å². The number of amides is 1. The molecule has 1 N–H and O–H groups in total. The van der Waals surface area contributed by atoms with Crippen LogP contribution < -0.4 is 9.47 Å². The zero-order valence-electron chi connectivity index (χ0n) is 21.1. The Morgan fingerprint density at radius 1 is 0.971 bits per heavy atom. The summed E-state index contributed by atoms with van der Waals surface area (Å²) in [6.07, 6.45) is 0.865. The van der Waals surface area contributed by atoms with Gasteiger partial charge in [-0.3, -0.25) is 9.59 Å². The Balaban J connectivity index is 2.07. The molecule has 35 heavy (non-hydrogen) atoms. The fourth-order valence-electron chi connectivity index (χ4n) is 4.27. The van der Waals surface area contributed by atoms with Gasteiger partial charge in [0.1, 0.15) is 17.3 Å². The highest BCUT2D eigenvalue weighted by Gasteiger charge is 2.46. The molecule has 0 aromatic heterocycles. The number of nitrogens with zero attached hydrogens (tertiary/aromatic N) is 2. The Bertz CT molecular complexity index is 1040. The third kappa shape index (κ3) is 6.03. The second-order valence-electron chi connectivity index (χ2n) is 8.40. The van der Waals surface area contributed by atoms with Gasteiger partial charge in [0.15, 0.2) is 0 Å². The van der Waals surface area contributed by atoms with Gasteiger partial charge in [-0.1, -0.05) is 32.9 Å². The van der Waals surface area contributed by atoms with Crippen LogP contribution in [0.2, 0.25) is 0 Å². The van der Waals surface area contributed by atoms with Crippen molar-refractivity contribution in [3.63, 3.8) is 0 Å². The molecule has 1 saturated heterocycles. The molecule has 0 saturated carbocycles. The van der Waals surface area contributed by atoms with Crippen LogP contribution >= 0.6 is 0 Å². The molecule has 0 spiro atoms. The Morgan fingerprint density at radius 3 is 2.31 bits per heavy atom. The van der Waals surface area contributed by atoms with Crippen LogP contribution in [0.15, 0.2) is 54.1 Å². The first-order valence-corrected chi connectivity index (χ1v) is 12.4. The Morgan fingerprint density at radius 2 is 1.69 bits per heavy atom. The molecule has 1 atom stereocenters. The Labute approximate surface area is 207 Å². The number of carbonyl (C=O) groups is 2. The quantitative estimate of drug-likeness (QED) is 0.271. The van der Waals surface area contributed by atoms with Crippen molar-refractivity contribution in [3.8, 4) is 11.5 Å². The van der Waals surface area contributed by atoms with Gasteiger partial charge in [-0.25, -0.2) is 0 Å². The summed E-state index contributed by atoms with van der Waals surface area (Å²) in [5.41, 5.74) is 1.27. The van der Waals surface area contributed by atoms with Gasteiger partial charge in [-0.05, 0) is 68.4 Å². The maximum Gasteiger partial charge on any atom is 0.295 e. The predicted molar refractivity (Wildman–Crippen MR) is 137 cm³/mol. The molecular formula is C28H36N2O5. The minimum atomic E-state index is -0.706. The number of ether oxygens (including phenoxy) is 2. The molecule has 1 unspecified atom stereocenters. The molecule has 188 valence electrons. The lowest BCUT2D eigenvalue weighted by Crippen LogP contribution is -2.38. The van der Waals surface area contributed by atoms with E-state index in [9.17, 15) is 14.7 Å². The highest BCUT2D eigenvalue weighted by molar-refractivity contribution is 6.46. The topological polar surface area (TPSA) is 79.3 Å². The monoisotopic (exact) mass is 480 g/mol. The molecule has 1 aliphatic rings. The molecule has 7 heteroatoms. The Kier molecular flexibility index (Phi) is 9.32. The van der Waals surface area contributed by atoms with Gasteiger partial charge in [0.2, 0.25) is 0 Å². The highest BCUT2D eigenvalue weighted by atomic mass is 16.5. The van der Waals surface area contributed by atoms with E-state index < -0.39 is 17.7 Å². The van der Waals surface area contributed by atoms with E-state index in [1.165, 1.54) is 0 Å². The lowest BCUT2D eigenvalue weighted by atomic mass is 9.95. The van der Waals surface area contributed by atoms with E-state index in [1.54, 1.807) is 29.2 Å². The molecule has 7 nitrogen and oxygen atoms in total. The molecule has 1 fully saturated rings. The van der Waals surface area contributed by atoms with Crippen molar-refractivity contribution < 1.29 is 24.2 Å². The average Bonchev–Trinajstić information content (AvgIpc) is 3.13. The summed E-state index contributed by atoms with van der Waals surface area (Å²) >= 11 is 0. The molecule has 1 amide bonds. The van der Waals surface area contributed by atoms with E-state index >= 15 is 0 Å². The van der Waals surface area contributed by atoms with Crippen LogP contribution in [0.25, 0.3) is 5.76 Å². The second-order valence-corrected chi connectivity index (χ2v) is 8.40. The van der Waals surface area contributed by atoms with Crippen LogP contribution in [-0.2, 0) is 9.59 Å². The van der Waals surface area contributed by atoms with Crippen molar-refractivity contribution in [1.82, 2.24) is 9.80 Å². The predicted octanol–water partition coefficient (Wildman–Crippen LogP) is 4.64. The minimum absolute atomic E-state index is 0.0892. The number of likely N-dealkylation sites (tertiary alicyclic amines) is 1. The second kappa shape index (κ2) is 12.4. The minimum Gasteiger partial charge on any atom is -0.507 e. The van der Waals surface area contributed by atoms with E-state index in [0.717, 1.165) is 25.1 Å². The fourth-order valence-corrected chi connectivity index (χ4v) is 4.27. The maximum atomic E-state index is 13.2. The van der Waals surface area contributed by atoms with Crippen molar-refractivity contribution in [3.05, 3.63) is 65.2 Å². The van der Waals surface area contributed by atoms with Crippen LogP contribution in [0.3, 0.4) is 0 Å². The number of aliphatic hydroxyl groups is 1. The van der Waals surface area contributed by atoms with E-state index in [1.807, 2.05) is 38.1 Å². The molecule has 2 aromatic rings. The third-order valence-corrected chi connectivity index (χ3v) is 6.18. The molecule has 1 aliphatic heterocycles. The van der Waals surface area contributed by atoms with Crippen LogP contribution in [0, 0.1) is 0 Å². The van der Waals surface area contributed by atoms with Gasteiger partial charge in [0.05, 0.1) is 24.8 Å². The standard InChI is InChI=1S/C28H36N2O5/c1-5-18-35-23-11-9-10-21(19-23)25-24(26(31)20-12-14-22(15-13-20)34-8-4)27(32)28(33)30(25)17-16-29(6-2)7-3/h9-15,19,25,31H,5-8,16-18H2,1-4H3/b26-24+. The highest BCUT2D eigenvalue weighted by Crippen LogP contribution is 2.40. The zero-order valence-corrected chi connectivity index (χ0v) is 21.1. The summed E-state index contributed by atoms with van der Waals surface area (Å²) in [5, 5.41) is 11.3. The average molecular weight is 481 g/mol. The molecule has 0 bridgehead atoms. The first-order chi connectivity index (χ1) is 16.9. The lowest BCUT2D eigenvalue weighted by molar-refractivity contribution is -0.140. The van der Waals surface area contributed by atoms with Gasteiger partial charge >= 0.3 is 0 Å². The van der Waals surface area contributed by atoms with E-state index in [2.05, 4.69) is 18.7 Å². The number of carbonyl (C=O) groups excluding carboxylic acids is 2. The number of hydrogen-bond acceptors (Lipinski definition) is 6. The van der Waals surface area contributed by atoms with Crippen molar-refractivity contribution in [1.29, 1.82) is 0 Å². The molecule has 3 rings (SSSR count). The summed E-state index contributed by atoms with van der Waals surface area (Å²) in [4.78, 5) is 30.2. The molecular weight excluding hydrogens is 444 g/mol. The first kappa shape index (κ1) is 26.3. The van der Waals surface area contributed by atoms with Crippen molar-refractivity contribution in [2.24, 2.45) is 0 Å². The summed E-state index contributed by atoms with van der Waals surface area (Å²) in [6, 6.07) is 13.6. The van der Waals surface area contributed by atoms with Crippen LogP contribution in [0.4, 0.5) is 0 Å². The third-order valence-electron chi connectivity index (χ3n) is 6.18. The number of rotatable bonds is 12. The van der Waals surface area contributed by atoms with Gasteiger partial charge < -0.3 is 24.4 Å². The maximum absolute atomic E-state index is 13.2. The molecule has 2 aromatic carbocycles. The number of likely N-dealkylation sites (N-methyl/N-ethyl adjacent to an activating group) is 1. The van der Waals surface area contributed by atoms with Gasteiger partial charge in [0.25, 0.3) is 11.7 Å². The molecule has 0 aliphatic carbocycles. The summed E-state index contributed by atoms with van der Waals surface area (Å²) in [5.74, 6) is -0.141. The van der Waals surface area contributed by atoms with Crippen LogP contribution in [-0.4, -0.2) is 66.0 Å². The zero-order chi connectivity index (χ0) is 25.4. The SMILES string of the molecule is CCCOc1cccc(C2/C(=C(\O)c3ccc(OCC)cc3)C(=O)C(=O)N2CCN(CC)CC)c1. The number of aliphatic hydroxyl groups excluding tert-OH is 1. The van der Waals surface area contributed by atoms with Crippen LogP contribution in [0.1, 0.15) is 51.3 Å². The van der Waals surface area contributed by atoms with Crippen molar-refractivity contribution in [2.45, 2.75) is 40.2 Å². The number of ketones is 1. The van der Waals surface area contributed by atoms with Gasteiger partial charge in [-0.2, -0.15) is 0 Å². The number of Topliss-reactive ketones (excluding diaryl/α,β-unsaturated/α-hetero) is 1. The van der Waals surface area contributed by atoms with E-state index in [4.69, 9.17) is 9.47 Å². The van der Waals surface area contributed by atoms with E-state index in [0.29, 0.717) is 43.4 Å². The van der Waals surface area contributed by atoms with E-state index in [-0.39, 0.29) is 11.3 Å². The fraction of sp³-hybridized carbons (Fsp3) is 0.429. The van der Waals surface area contributed by atoms with Gasteiger partial charge in [0, 0.05) is 18.7 Å². The van der Waals surface area contributed by atoms with Crippen molar-refractivity contribution in [2.75, 3.05) is 39.4 Å². The summed E-state index contributed by atoms with van der Waals surface area (Å²) < 4.78 is 11.3. The largest absolute Gasteiger partial charge is 0.507 e. The van der Waals surface area contributed by atoms with Gasteiger partial charge in [-0.15, -0.1) is 0 Å². The molecule has 1 heterocycles. The normalized spacial score (nSPS) is 17.3. The lowest BCUT2D eigenvalue weighted by Gasteiger charge is -2.28. The number of hydrogen-bond donors (Lipinski definition) is 1. The number of benzene rings is 2. The van der Waals surface area contributed by atoms with Crippen molar-refractivity contribution >= 4 is 17.4 Å². The molecule has 0 radical (unpaired) electrons. The summed E-state index contributed by atoms with van der Waals surface area (Å²) in [7, 11) is 0. The Hall–Kier alpha value is -3.32. The first-order valence-electron chi connectivity index (χ1n) is 12.4. The summed E-state index contributed by atoms with van der Waals surface area (Å²) in [6.45, 7) is 11.8.